The number of halogens is 2. The molecule has 0 saturated carbocycles. The van der Waals surface area contributed by atoms with E-state index in [1.165, 1.54) is 0 Å². The molecule has 1 amide bonds. The largest absolute Gasteiger partial charge is 0.490 e. The van der Waals surface area contributed by atoms with Gasteiger partial charge in [-0.1, -0.05) is 33.6 Å². The van der Waals surface area contributed by atoms with E-state index in [-0.39, 0.29) is 18.3 Å². The normalized spacial score (nSPS) is 10.6. The minimum absolute atomic E-state index is 0.158. The van der Waals surface area contributed by atoms with Gasteiger partial charge in [0.15, 0.2) is 17.3 Å². The topological polar surface area (TPSA) is 69.9 Å². The van der Waals surface area contributed by atoms with Crippen molar-refractivity contribution in [3.05, 3.63) is 75.1 Å². The van der Waals surface area contributed by atoms with E-state index in [1.54, 1.807) is 24.3 Å². The number of carbonyl (C=O) groups is 1. The molecular weight excluding hydrogens is 486 g/mol. The second-order valence-electron chi connectivity index (χ2n) is 6.46. The van der Waals surface area contributed by atoms with Crippen LogP contribution in [0.5, 0.6) is 17.2 Å². The summed E-state index contributed by atoms with van der Waals surface area (Å²) >= 11 is 9.49. The molecule has 1 heterocycles. The SMILES string of the molecule is CCOc1ccc(CNC(=O)c2ccc(COc3ccc(Br)cc3Cl)o2)cc1OCC. The van der Waals surface area contributed by atoms with Gasteiger partial charge in [0.05, 0.1) is 18.2 Å². The van der Waals surface area contributed by atoms with Crippen molar-refractivity contribution < 1.29 is 23.4 Å². The highest BCUT2D eigenvalue weighted by Crippen LogP contribution is 2.29. The van der Waals surface area contributed by atoms with Crippen LogP contribution >= 0.6 is 27.5 Å². The number of amides is 1. The third-order valence-electron chi connectivity index (χ3n) is 4.21. The molecule has 8 heteroatoms. The van der Waals surface area contributed by atoms with Crippen LogP contribution in [0.1, 0.15) is 35.7 Å². The van der Waals surface area contributed by atoms with Gasteiger partial charge in [-0.3, -0.25) is 4.79 Å². The molecule has 0 radical (unpaired) electrons. The molecule has 3 rings (SSSR count). The van der Waals surface area contributed by atoms with Crippen molar-refractivity contribution in [3.63, 3.8) is 0 Å². The molecule has 0 bridgehead atoms. The van der Waals surface area contributed by atoms with Crippen molar-refractivity contribution in [1.82, 2.24) is 5.32 Å². The Morgan fingerprint density at radius 1 is 0.968 bits per heavy atom. The van der Waals surface area contributed by atoms with E-state index < -0.39 is 0 Å². The van der Waals surface area contributed by atoms with Gasteiger partial charge in [-0.15, -0.1) is 0 Å². The van der Waals surface area contributed by atoms with E-state index >= 15 is 0 Å². The maximum atomic E-state index is 12.4. The summed E-state index contributed by atoms with van der Waals surface area (Å²) in [7, 11) is 0. The quantitative estimate of drug-likeness (QED) is 0.364. The van der Waals surface area contributed by atoms with Gasteiger partial charge in [-0.2, -0.15) is 0 Å². The van der Waals surface area contributed by atoms with Gasteiger partial charge in [0.2, 0.25) is 0 Å². The van der Waals surface area contributed by atoms with Gasteiger partial charge in [0.25, 0.3) is 5.91 Å². The highest BCUT2D eigenvalue weighted by Gasteiger charge is 2.13. The van der Waals surface area contributed by atoms with Gasteiger partial charge in [0, 0.05) is 11.0 Å². The van der Waals surface area contributed by atoms with Gasteiger partial charge in [-0.05, 0) is 61.9 Å². The Labute approximate surface area is 194 Å². The van der Waals surface area contributed by atoms with Crippen LogP contribution in [-0.2, 0) is 13.2 Å². The zero-order chi connectivity index (χ0) is 22.2. The first kappa shape index (κ1) is 23.0. The molecule has 164 valence electrons. The average molecular weight is 509 g/mol. The monoisotopic (exact) mass is 507 g/mol. The van der Waals surface area contributed by atoms with Crippen molar-refractivity contribution in [3.8, 4) is 17.2 Å². The Bertz CT molecular complexity index is 1040. The molecule has 0 aliphatic heterocycles. The first-order valence-corrected chi connectivity index (χ1v) is 11.0. The summed E-state index contributed by atoms with van der Waals surface area (Å²) in [5.74, 6) is 2.27. The average Bonchev–Trinajstić information content (AvgIpc) is 3.22. The van der Waals surface area contributed by atoms with Gasteiger partial charge < -0.3 is 23.9 Å². The highest BCUT2D eigenvalue weighted by molar-refractivity contribution is 9.10. The van der Waals surface area contributed by atoms with Gasteiger partial charge in [-0.25, -0.2) is 0 Å². The Balaban J connectivity index is 1.56. The fourth-order valence-electron chi connectivity index (χ4n) is 2.79. The van der Waals surface area contributed by atoms with Crippen LogP contribution in [0.25, 0.3) is 0 Å². The predicted molar refractivity (Wildman–Crippen MR) is 122 cm³/mol. The Kier molecular flexibility index (Phi) is 8.26. The van der Waals surface area contributed by atoms with E-state index in [1.807, 2.05) is 38.1 Å². The number of carbonyl (C=O) groups excluding carboxylic acids is 1. The van der Waals surface area contributed by atoms with Crippen molar-refractivity contribution in [2.45, 2.75) is 27.0 Å². The Hall–Kier alpha value is -2.64. The highest BCUT2D eigenvalue weighted by atomic mass is 79.9. The molecule has 0 aliphatic rings. The third-order valence-corrected chi connectivity index (χ3v) is 5.00. The lowest BCUT2D eigenvalue weighted by Gasteiger charge is -2.12. The fourth-order valence-corrected chi connectivity index (χ4v) is 3.52. The summed E-state index contributed by atoms with van der Waals surface area (Å²) in [5.41, 5.74) is 0.889. The molecule has 0 aliphatic carbocycles. The zero-order valence-corrected chi connectivity index (χ0v) is 19.6. The van der Waals surface area contributed by atoms with Gasteiger partial charge in [0.1, 0.15) is 18.1 Å². The lowest BCUT2D eigenvalue weighted by Crippen LogP contribution is -2.22. The molecule has 1 N–H and O–H groups in total. The molecule has 6 nitrogen and oxygen atoms in total. The van der Waals surface area contributed by atoms with Crippen LogP contribution in [0, 0.1) is 0 Å². The van der Waals surface area contributed by atoms with Crippen LogP contribution in [-0.4, -0.2) is 19.1 Å². The zero-order valence-electron chi connectivity index (χ0n) is 17.2. The molecular formula is C23H23BrClNO5. The summed E-state index contributed by atoms with van der Waals surface area (Å²) in [6.45, 7) is 5.39. The first-order chi connectivity index (χ1) is 15.0. The van der Waals surface area contributed by atoms with Crippen LogP contribution in [0.4, 0.5) is 0 Å². The summed E-state index contributed by atoms with van der Waals surface area (Å²) in [4.78, 5) is 12.4. The Morgan fingerprint density at radius 2 is 1.71 bits per heavy atom. The molecule has 31 heavy (non-hydrogen) atoms. The first-order valence-electron chi connectivity index (χ1n) is 9.83. The minimum Gasteiger partial charge on any atom is -0.490 e. The van der Waals surface area contributed by atoms with Crippen molar-refractivity contribution in [2.24, 2.45) is 0 Å². The summed E-state index contributed by atoms with van der Waals surface area (Å²) < 4.78 is 23.3. The van der Waals surface area contributed by atoms with Gasteiger partial charge >= 0.3 is 0 Å². The molecule has 3 aromatic rings. The maximum absolute atomic E-state index is 12.4. The number of ether oxygens (including phenoxy) is 3. The number of nitrogens with one attached hydrogen (secondary N) is 1. The van der Waals surface area contributed by atoms with Crippen LogP contribution in [0.3, 0.4) is 0 Å². The number of rotatable bonds is 10. The van der Waals surface area contributed by atoms with E-state index in [0.717, 1.165) is 10.0 Å². The molecule has 0 spiro atoms. The van der Waals surface area contributed by atoms with Crippen LogP contribution in [0.15, 0.2) is 57.4 Å². The minimum atomic E-state index is -0.320. The molecule has 0 unspecified atom stereocenters. The maximum Gasteiger partial charge on any atom is 0.287 e. The Morgan fingerprint density at radius 3 is 2.45 bits per heavy atom. The molecule has 0 saturated heterocycles. The number of benzene rings is 2. The number of hydrogen-bond donors (Lipinski definition) is 1. The summed E-state index contributed by atoms with van der Waals surface area (Å²) in [6, 6.07) is 14.2. The second kappa shape index (κ2) is 11.1. The second-order valence-corrected chi connectivity index (χ2v) is 7.78. The number of furan rings is 1. The standard InChI is InChI=1S/C23H23BrClNO5/c1-3-28-20-8-5-15(11-22(20)29-4-2)13-26-23(27)21-10-7-17(31-21)14-30-19-9-6-16(24)12-18(19)25/h5-12H,3-4,13-14H2,1-2H3,(H,26,27). The fraction of sp³-hybridized carbons (Fsp3) is 0.261. The predicted octanol–water partition coefficient (Wildman–Crippen LogP) is 6.00. The molecule has 2 aromatic carbocycles. The summed E-state index contributed by atoms with van der Waals surface area (Å²) in [6.07, 6.45) is 0. The van der Waals surface area contributed by atoms with E-state index in [9.17, 15) is 4.79 Å². The lowest BCUT2D eigenvalue weighted by atomic mass is 10.2. The van der Waals surface area contributed by atoms with Crippen molar-refractivity contribution >= 4 is 33.4 Å². The van der Waals surface area contributed by atoms with E-state index in [2.05, 4.69) is 21.2 Å². The lowest BCUT2D eigenvalue weighted by molar-refractivity contribution is 0.0919. The molecule has 0 fully saturated rings. The van der Waals surface area contributed by atoms with E-state index in [4.69, 9.17) is 30.2 Å². The van der Waals surface area contributed by atoms with Crippen molar-refractivity contribution in [1.29, 1.82) is 0 Å². The van der Waals surface area contributed by atoms with Crippen molar-refractivity contribution in [2.75, 3.05) is 13.2 Å². The van der Waals surface area contributed by atoms with Crippen LogP contribution < -0.4 is 19.5 Å². The molecule has 1 aromatic heterocycles. The smallest absolute Gasteiger partial charge is 0.287 e. The van der Waals surface area contributed by atoms with E-state index in [0.29, 0.717) is 47.8 Å². The number of hydrogen-bond acceptors (Lipinski definition) is 5. The van der Waals surface area contributed by atoms with Crippen LogP contribution in [0.2, 0.25) is 5.02 Å². The third kappa shape index (κ3) is 6.42. The molecule has 0 atom stereocenters. The summed E-state index contributed by atoms with van der Waals surface area (Å²) in [5, 5.41) is 3.33.